The van der Waals surface area contributed by atoms with Crippen molar-refractivity contribution < 1.29 is 4.79 Å². The van der Waals surface area contributed by atoms with E-state index in [0.29, 0.717) is 30.5 Å². The van der Waals surface area contributed by atoms with Gasteiger partial charge in [-0.05, 0) is 36.1 Å². The summed E-state index contributed by atoms with van der Waals surface area (Å²) in [5.74, 6) is 0.262. The molecule has 5 nitrogen and oxygen atoms in total. The maximum atomic E-state index is 12.0. The van der Waals surface area contributed by atoms with Gasteiger partial charge in [-0.25, -0.2) is 0 Å². The van der Waals surface area contributed by atoms with Gasteiger partial charge in [0.25, 0.3) is 0 Å². The second-order valence-corrected chi connectivity index (χ2v) is 6.67. The Bertz CT molecular complexity index is 701. The van der Waals surface area contributed by atoms with E-state index in [1.807, 2.05) is 24.4 Å². The van der Waals surface area contributed by atoms with Crippen LogP contribution in [-0.2, 0) is 11.2 Å². The van der Waals surface area contributed by atoms with Gasteiger partial charge in [0.2, 0.25) is 5.91 Å². The van der Waals surface area contributed by atoms with Gasteiger partial charge in [-0.1, -0.05) is 23.7 Å². The largest absolute Gasteiger partial charge is 0.370 e. The van der Waals surface area contributed by atoms with E-state index in [1.165, 1.54) is 4.88 Å². The molecule has 0 bridgehead atoms. The molecule has 2 rings (SSSR count). The highest BCUT2D eigenvalue weighted by atomic mass is 35.5. The summed E-state index contributed by atoms with van der Waals surface area (Å²) in [4.78, 5) is 17.5. The van der Waals surface area contributed by atoms with Crippen LogP contribution in [0, 0.1) is 6.92 Å². The number of guanidine groups is 1. The Balaban J connectivity index is 1.69. The highest BCUT2D eigenvalue weighted by Gasteiger charge is 2.06. The number of halogens is 1. The summed E-state index contributed by atoms with van der Waals surface area (Å²) in [6.45, 7) is 2.93. The number of nitrogens with one attached hydrogen (secondary N) is 2. The summed E-state index contributed by atoms with van der Waals surface area (Å²) in [6, 6.07) is 9.52. The van der Waals surface area contributed by atoms with E-state index in [9.17, 15) is 4.79 Å². The number of amides is 1. The molecule has 0 radical (unpaired) electrons. The third kappa shape index (κ3) is 5.86. The number of hydrogen-bond acceptors (Lipinski definition) is 3. The van der Waals surface area contributed by atoms with Gasteiger partial charge in [0.1, 0.15) is 0 Å². The van der Waals surface area contributed by atoms with Gasteiger partial charge in [-0.3, -0.25) is 9.79 Å². The summed E-state index contributed by atoms with van der Waals surface area (Å²) < 4.78 is 0. The number of hydrogen-bond donors (Lipinski definition) is 3. The lowest BCUT2D eigenvalue weighted by molar-refractivity contribution is -0.116. The van der Waals surface area contributed by atoms with Crippen LogP contribution in [0.5, 0.6) is 0 Å². The molecular formula is C17H21ClN4OS. The van der Waals surface area contributed by atoms with E-state index in [-0.39, 0.29) is 5.91 Å². The number of carbonyl (C=O) groups is 1. The molecule has 1 aromatic carbocycles. The van der Waals surface area contributed by atoms with Crippen molar-refractivity contribution in [2.24, 2.45) is 10.7 Å². The molecule has 4 N–H and O–H groups in total. The molecule has 0 fully saturated rings. The fourth-order valence-corrected chi connectivity index (χ4v) is 2.93. The number of nitrogens with two attached hydrogens (primary N) is 1. The standard InChI is InChI=1S/C17H21ClN4OS/c1-12-14(18)5-2-6-15(12)22-16(23)8-10-21-17(19)20-9-7-13-4-3-11-24-13/h2-6,11H,7-10H2,1H3,(H,22,23)(H3,19,20,21). The molecule has 128 valence electrons. The number of nitrogens with zero attached hydrogens (tertiary/aromatic N) is 1. The highest BCUT2D eigenvalue weighted by Crippen LogP contribution is 2.22. The van der Waals surface area contributed by atoms with Crippen molar-refractivity contribution in [3.8, 4) is 0 Å². The van der Waals surface area contributed by atoms with Crippen LogP contribution < -0.4 is 16.4 Å². The van der Waals surface area contributed by atoms with E-state index in [4.69, 9.17) is 17.3 Å². The van der Waals surface area contributed by atoms with Crippen LogP contribution in [-0.4, -0.2) is 25.0 Å². The van der Waals surface area contributed by atoms with Crippen molar-refractivity contribution in [1.82, 2.24) is 5.32 Å². The van der Waals surface area contributed by atoms with Gasteiger partial charge in [0.05, 0.1) is 0 Å². The smallest absolute Gasteiger partial charge is 0.226 e. The summed E-state index contributed by atoms with van der Waals surface area (Å²) in [7, 11) is 0. The van der Waals surface area contributed by atoms with Crippen molar-refractivity contribution in [1.29, 1.82) is 0 Å². The van der Waals surface area contributed by atoms with Crippen LogP contribution >= 0.6 is 22.9 Å². The molecule has 0 aliphatic rings. The molecule has 0 aliphatic heterocycles. The lowest BCUT2D eigenvalue weighted by Crippen LogP contribution is -2.34. The third-order valence-corrected chi connectivity index (χ3v) is 4.77. The van der Waals surface area contributed by atoms with Crippen LogP contribution in [0.2, 0.25) is 5.02 Å². The molecule has 0 saturated carbocycles. The average molecular weight is 365 g/mol. The predicted octanol–water partition coefficient (Wildman–Crippen LogP) is 3.19. The van der Waals surface area contributed by atoms with Crippen LogP contribution in [0.1, 0.15) is 16.9 Å². The Morgan fingerprint density at radius 3 is 2.92 bits per heavy atom. The molecule has 0 unspecified atom stereocenters. The number of aliphatic imine (C=N–C) groups is 1. The van der Waals surface area contributed by atoms with Gasteiger partial charge in [-0.15, -0.1) is 11.3 Å². The van der Waals surface area contributed by atoms with Gasteiger partial charge < -0.3 is 16.4 Å². The molecule has 1 aromatic heterocycles. The minimum absolute atomic E-state index is 0.0979. The normalized spacial score (nSPS) is 11.3. The topological polar surface area (TPSA) is 79.5 Å². The van der Waals surface area contributed by atoms with Crippen molar-refractivity contribution in [3.05, 3.63) is 51.2 Å². The van der Waals surface area contributed by atoms with Gasteiger partial charge in [0.15, 0.2) is 5.96 Å². The first kappa shape index (κ1) is 18.3. The summed E-state index contributed by atoms with van der Waals surface area (Å²) in [6.07, 6.45) is 1.17. The number of carbonyl (C=O) groups excluding carboxylic acids is 1. The van der Waals surface area contributed by atoms with E-state index in [1.54, 1.807) is 23.5 Å². The van der Waals surface area contributed by atoms with Crippen molar-refractivity contribution in [3.63, 3.8) is 0 Å². The van der Waals surface area contributed by atoms with E-state index in [2.05, 4.69) is 21.7 Å². The van der Waals surface area contributed by atoms with Crippen molar-refractivity contribution in [2.75, 3.05) is 18.4 Å². The Kier molecular flexibility index (Phi) is 7.08. The van der Waals surface area contributed by atoms with Crippen LogP contribution in [0.15, 0.2) is 40.7 Å². The number of anilines is 1. The molecule has 2 aromatic rings. The van der Waals surface area contributed by atoms with Gasteiger partial charge in [-0.2, -0.15) is 0 Å². The van der Waals surface area contributed by atoms with Gasteiger partial charge >= 0.3 is 0 Å². The molecule has 24 heavy (non-hydrogen) atoms. The van der Waals surface area contributed by atoms with Crippen molar-refractivity contribution >= 4 is 40.5 Å². The second kappa shape index (κ2) is 9.30. The Labute approximate surface area is 150 Å². The fraction of sp³-hybridized carbons (Fsp3) is 0.294. The highest BCUT2D eigenvalue weighted by molar-refractivity contribution is 7.09. The van der Waals surface area contributed by atoms with E-state index < -0.39 is 0 Å². The average Bonchev–Trinajstić information content (AvgIpc) is 3.05. The molecule has 0 spiro atoms. The Morgan fingerprint density at radius 2 is 2.17 bits per heavy atom. The SMILES string of the molecule is Cc1c(Cl)cccc1NC(=O)CCNC(N)=NCCc1cccs1. The van der Waals surface area contributed by atoms with E-state index in [0.717, 1.165) is 17.7 Å². The summed E-state index contributed by atoms with van der Waals surface area (Å²) in [5, 5.41) is 8.47. The Morgan fingerprint density at radius 1 is 1.33 bits per heavy atom. The van der Waals surface area contributed by atoms with Crippen LogP contribution in [0.3, 0.4) is 0 Å². The monoisotopic (exact) mass is 364 g/mol. The van der Waals surface area contributed by atoms with Crippen molar-refractivity contribution in [2.45, 2.75) is 19.8 Å². The van der Waals surface area contributed by atoms with Gasteiger partial charge in [0, 0.05) is 41.5 Å². The molecule has 0 atom stereocenters. The molecule has 1 heterocycles. The van der Waals surface area contributed by atoms with Crippen LogP contribution in [0.25, 0.3) is 0 Å². The minimum Gasteiger partial charge on any atom is -0.370 e. The predicted molar refractivity (Wildman–Crippen MR) is 102 cm³/mol. The number of benzene rings is 1. The summed E-state index contributed by atoms with van der Waals surface area (Å²) in [5.41, 5.74) is 7.37. The third-order valence-electron chi connectivity index (χ3n) is 3.42. The lowest BCUT2D eigenvalue weighted by Gasteiger charge is -2.10. The second-order valence-electron chi connectivity index (χ2n) is 5.23. The molecule has 0 saturated heterocycles. The lowest BCUT2D eigenvalue weighted by atomic mass is 10.2. The summed E-state index contributed by atoms with van der Waals surface area (Å²) >= 11 is 7.74. The number of rotatable bonds is 7. The zero-order valence-electron chi connectivity index (χ0n) is 13.5. The van der Waals surface area contributed by atoms with E-state index >= 15 is 0 Å². The first-order chi connectivity index (χ1) is 11.6. The first-order valence-electron chi connectivity index (χ1n) is 7.67. The quantitative estimate of drug-likeness (QED) is 0.521. The minimum atomic E-state index is -0.0979. The molecule has 1 amide bonds. The Hall–Kier alpha value is -2.05. The first-order valence-corrected chi connectivity index (χ1v) is 8.93. The maximum absolute atomic E-state index is 12.0. The molecular weight excluding hydrogens is 344 g/mol. The maximum Gasteiger partial charge on any atom is 0.226 e. The molecule has 7 heteroatoms. The number of thiophene rings is 1. The van der Waals surface area contributed by atoms with Crippen LogP contribution in [0.4, 0.5) is 5.69 Å². The molecule has 0 aliphatic carbocycles. The zero-order chi connectivity index (χ0) is 17.4. The fourth-order valence-electron chi connectivity index (χ4n) is 2.06. The zero-order valence-corrected chi connectivity index (χ0v) is 15.1.